The first-order valence-electron chi connectivity index (χ1n) is 6.30. The Bertz CT molecular complexity index is 677. The molecule has 0 aliphatic heterocycles. The zero-order valence-corrected chi connectivity index (χ0v) is 13.7. The maximum absolute atomic E-state index is 11.8. The van der Waals surface area contributed by atoms with Crippen LogP contribution in [0, 0.1) is 0 Å². The quantitative estimate of drug-likeness (QED) is 0.610. The highest BCUT2D eigenvalue weighted by atomic mass is 79.9. The van der Waals surface area contributed by atoms with Crippen LogP contribution in [-0.2, 0) is 4.74 Å². The molecule has 3 N–H and O–H groups in total. The van der Waals surface area contributed by atoms with E-state index in [2.05, 4.69) is 21.2 Å². The number of benzene rings is 2. The Morgan fingerprint density at radius 1 is 1.33 bits per heavy atom. The molecule has 4 nitrogen and oxygen atoms in total. The molecule has 0 heterocycles. The van der Waals surface area contributed by atoms with Gasteiger partial charge in [0.15, 0.2) is 0 Å². The molecule has 2 aromatic carbocycles. The second-order valence-electron chi connectivity index (χ2n) is 4.27. The SMILES string of the molecule is CCOC(=O)c1cc(Nc2cc(Br)ccc2Cl)ccc1N. The van der Waals surface area contributed by atoms with Crippen molar-refractivity contribution in [1.82, 2.24) is 0 Å². The summed E-state index contributed by atoms with van der Waals surface area (Å²) >= 11 is 9.52. The maximum Gasteiger partial charge on any atom is 0.340 e. The molecule has 0 aliphatic carbocycles. The van der Waals surface area contributed by atoms with E-state index in [0.29, 0.717) is 28.6 Å². The average molecular weight is 370 g/mol. The minimum atomic E-state index is -0.445. The summed E-state index contributed by atoms with van der Waals surface area (Å²) in [7, 11) is 0. The number of anilines is 3. The van der Waals surface area contributed by atoms with Crippen LogP contribution in [0.25, 0.3) is 0 Å². The van der Waals surface area contributed by atoms with Crippen molar-refractivity contribution < 1.29 is 9.53 Å². The van der Waals surface area contributed by atoms with Gasteiger partial charge in [-0.05, 0) is 43.3 Å². The van der Waals surface area contributed by atoms with E-state index in [4.69, 9.17) is 22.1 Å². The van der Waals surface area contributed by atoms with E-state index in [9.17, 15) is 4.79 Å². The Labute approximate surface area is 136 Å². The van der Waals surface area contributed by atoms with Gasteiger partial charge >= 0.3 is 5.97 Å². The van der Waals surface area contributed by atoms with E-state index in [0.717, 1.165) is 10.2 Å². The molecule has 2 aromatic rings. The van der Waals surface area contributed by atoms with Gasteiger partial charge in [0, 0.05) is 15.8 Å². The first-order chi connectivity index (χ1) is 10.0. The zero-order valence-electron chi connectivity index (χ0n) is 11.3. The standard InChI is InChI=1S/C15H14BrClN2O2/c1-2-21-15(20)11-8-10(4-6-13(11)18)19-14-7-9(16)3-5-12(14)17/h3-8,19H,2,18H2,1H3. The van der Waals surface area contributed by atoms with Crippen LogP contribution in [-0.4, -0.2) is 12.6 Å². The first kappa shape index (κ1) is 15.7. The van der Waals surface area contributed by atoms with Crippen LogP contribution in [0.4, 0.5) is 17.1 Å². The number of halogens is 2. The van der Waals surface area contributed by atoms with Crippen LogP contribution in [0.3, 0.4) is 0 Å². The number of nitrogens with two attached hydrogens (primary N) is 1. The summed E-state index contributed by atoms with van der Waals surface area (Å²) in [6.07, 6.45) is 0. The average Bonchev–Trinajstić information content (AvgIpc) is 2.45. The van der Waals surface area contributed by atoms with Gasteiger partial charge < -0.3 is 15.8 Å². The number of rotatable bonds is 4. The van der Waals surface area contributed by atoms with E-state index in [-0.39, 0.29) is 0 Å². The molecule has 0 spiro atoms. The predicted molar refractivity (Wildman–Crippen MR) is 89.2 cm³/mol. The molecule has 0 aliphatic rings. The van der Waals surface area contributed by atoms with Crippen LogP contribution in [0.1, 0.15) is 17.3 Å². The summed E-state index contributed by atoms with van der Waals surface area (Å²) in [5.41, 5.74) is 7.94. The van der Waals surface area contributed by atoms with Crippen molar-refractivity contribution in [2.75, 3.05) is 17.7 Å². The maximum atomic E-state index is 11.8. The third kappa shape index (κ3) is 3.89. The number of hydrogen-bond acceptors (Lipinski definition) is 4. The predicted octanol–water partition coefficient (Wildman–Crippen LogP) is 4.61. The van der Waals surface area contributed by atoms with E-state index < -0.39 is 5.97 Å². The lowest BCUT2D eigenvalue weighted by atomic mass is 10.1. The number of esters is 1. The molecule has 0 saturated carbocycles. The number of ether oxygens (including phenoxy) is 1. The highest BCUT2D eigenvalue weighted by Crippen LogP contribution is 2.29. The van der Waals surface area contributed by atoms with Crippen LogP contribution >= 0.6 is 27.5 Å². The lowest BCUT2D eigenvalue weighted by Gasteiger charge is -2.11. The lowest BCUT2D eigenvalue weighted by molar-refractivity contribution is 0.0527. The fourth-order valence-corrected chi connectivity index (χ4v) is 2.29. The van der Waals surface area contributed by atoms with Gasteiger partial charge in [-0.3, -0.25) is 0 Å². The highest BCUT2D eigenvalue weighted by molar-refractivity contribution is 9.10. The summed E-state index contributed by atoms with van der Waals surface area (Å²) in [5, 5.41) is 3.73. The third-order valence-electron chi connectivity index (χ3n) is 2.76. The molecule has 2 rings (SSSR count). The van der Waals surface area contributed by atoms with Gasteiger partial charge in [0.05, 0.1) is 22.9 Å². The second kappa shape index (κ2) is 6.83. The van der Waals surface area contributed by atoms with E-state index in [1.807, 2.05) is 12.1 Å². The molecular formula is C15H14BrClN2O2. The highest BCUT2D eigenvalue weighted by Gasteiger charge is 2.12. The third-order valence-corrected chi connectivity index (χ3v) is 3.58. The van der Waals surface area contributed by atoms with Crippen molar-refractivity contribution in [3.63, 3.8) is 0 Å². The van der Waals surface area contributed by atoms with Crippen molar-refractivity contribution in [2.45, 2.75) is 6.92 Å². The van der Waals surface area contributed by atoms with Crippen LogP contribution in [0.15, 0.2) is 40.9 Å². The van der Waals surface area contributed by atoms with Gasteiger partial charge in [0.25, 0.3) is 0 Å². The summed E-state index contributed by atoms with van der Waals surface area (Å²) in [4.78, 5) is 11.8. The Hall–Kier alpha value is -1.72. The number of carbonyl (C=O) groups is 1. The molecule has 0 aromatic heterocycles. The molecule has 0 radical (unpaired) electrons. The number of carbonyl (C=O) groups excluding carboxylic acids is 1. The molecule has 0 unspecified atom stereocenters. The van der Waals surface area contributed by atoms with Crippen LogP contribution < -0.4 is 11.1 Å². The zero-order chi connectivity index (χ0) is 15.4. The first-order valence-corrected chi connectivity index (χ1v) is 7.47. The summed E-state index contributed by atoms with van der Waals surface area (Å²) in [5.74, 6) is -0.445. The Balaban J connectivity index is 2.31. The molecule has 110 valence electrons. The fraction of sp³-hybridized carbons (Fsp3) is 0.133. The molecule has 6 heteroatoms. The fourth-order valence-electron chi connectivity index (χ4n) is 1.77. The molecule has 21 heavy (non-hydrogen) atoms. The summed E-state index contributed by atoms with van der Waals surface area (Å²) in [6.45, 7) is 2.05. The van der Waals surface area contributed by atoms with Gasteiger partial charge in [-0.25, -0.2) is 4.79 Å². The second-order valence-corrected chi connectivity index (χ2v) is 5.59. The van der Waals surface area contributed by atoms with Crippen LogP contribution in [0.2, 0.25) is 5.02 Å². The molecule has 0 bridgehead atoms. The van der Waals surface area contributed by atoms with E-state index in [1.54, 1.807) is 31.2 Å². The number of hydrogen-bond donors (Lipinski definition) is 2. The molecule has 0 saturated heterocycles. The van der Waals surface area contributed by atoms with Crippen molar-refractivity contribution in [3.05, 3.63) is 51.5 Å². The smallest absolute Gasteiger partial charge is 0.340 e. The minimum absolute atomic E-state index is 0.299. The summed E-state index contributed by atoms with van der Waals surface area (Å²) in [6, 6.07) is 10.5. The topological polar surface area (TPSA) is 64.3 Å². The van der Waals surface area contributed by atoms with Gasteiger partial charge in [-0.1, -0.05) is 27.5 Å². The van der Waals surface area contributed by atoms with Crippen molar-refractivity contribution in [3.8, 4) is 0 Å². The van der Waals surface area contributed by atoms with E-state index >= 15 is 0 Å². The molecule has 0 amide bonds. The Morgan fingerprint density at radius 2 is 2.10 bits per heavy atom. The Morgan fingerprint density at radius 3 is 2.81 bits per heavy atom. The van der Waals surface area contributed by atoms with E-state index in [1.165, 1.54) is 0 Å². The van der Waals surface area contributed by atoms with Gasteiger partial charge in [0.1, 0.15) is 0 Å². The number of nitrogen functional groups attached to an aromatic ring is 1. The van der Waals surface area contributed by atoms with Gasteiger partial charge in [0.2, 0.25) is 0 Å². The normalized spacial score (nSPS) is 10.2. The summed E-state index contributed by atoms with van der Waals surface area (Å²) < 4.78 is 5.88. The van der Waals surface area contributed by atoms with Crippen molar-refractivity contribution in [2.24, 2.45) is 0 Å². The lowest BCUT2D eigenvalue weighted by Crippen LogP contribution is -2.08. The molecule has 0 fully saturated rings. The van der Waals surface area contributed by atoms with Crippen LogP contribution in [0.5, 0.6) is 0 Å². The number of nitrogens with one attached hydrogen (secondary N) is 1. The Kier molecular flexibility index (Phi) is 5.09. The minimum Gasteiger partial charge on any atom is -0.462 e. The van der Waals surface area contributed by atoms with Crippen molar-refractivity contribution in [1.29, 1.82) is 0 Å². The molecule has 0 atom stereocenters. The largest absolute Gasteiger partial charge is 0.462 e. The van der Waals surface area contributed by atoms with Gasteiger partial charge in [-0.2, -0.15) is 0 Å². The van der Waals surface area contributed by atoms with Gasteiger partial charge in [-0.15, -0.1) is 0 Å². The monoisotopic (exact) mass is 368 g/mol. The molecular weight excluding hydrogens is 356 g/mol. The van der Waals surface area contributed by atoms with Crippen molar-refractivity contribution >= 4 is 50.6 Å².